The van der Waals surface area contributed by atoms with Gasteiger partial charge in [-0.25, -0.2) is 0 Å². The first-order chi connectivity index (χ1) is 17.5. The van der Waals surface area contributed by atoms with Gasteiger partial charge >= 0.3 is 0 Å². The predicted octanol–water partition coefficient (Wildman–Crippen LogP) is 4.78. The molecule has 2 aromatic carbocycles. The van der Waals surface area contributed by atoms with Gasteiger partial charge in [0, 0.05) is 23.9 Å². The number of fused-ring (bicyclic) bond motifs is 2. The second kappa shape index (κ2) is 11.4. The van der Waals surface area contributed by atoms with Crippen molar-refractivity contribution in [1.82, 2.24) is 0 Å². The first-order valence-corrected chi connectivity index (χ1v) is 17.0. The maximum Gasteiger partial charge on any atom is 0.265 e. The van der Waals surface area contributed by atoms with Gasteiger partial charge in [-0.1, -0.05) is 49.1 Å². The van der Waals surface area contributed by atoms with E-state index in [4.69, 9.17) is 0 Å². The van der Waals surface area contributed by atoms with Gasteiger partial charge in [-0.05, 0) is 48.6 Å². The molecule has 0 aliphatic carbocycles. The van der Waals surface area contributed by atoms with Crippen molar-refractivity contribution in [3.8, 4) is 0 Å². The van der Waals surface area contributed by atoms with Crippen LogP contribution < -0.4 is 9.47 Å². The second-order valence-electron chi connectivity index (χ2n) is 8.92. The highest BCUT2D eigenvalue weighted by molar-refractivity contribution is 8.04. The Morgan fingerprint density at radius 1 is 0.919 bits per heavy atom. The summed E-state index contributed by atoms with van der Waals surface area (Å²) in [5.74, 6) is -0.634. The van der Waals surface area contributed by atoms with E-state index in [1.54, 1.807) is 23.1 Å². The number of aromatic nitrogens is 1. The van der Waals surface area contributed by atoms with Crippen LogP contribution in [0.3, 0.4) is 0 Å². The lowest BCUT2D eigenvalue weighted by Crippen LogP contribution is -2.36. The third-order valence-electron chi connectivity index (χ3n) is 6.22. The van der Waals surface area contributed by atoms with E-state index in [1.165, 1.54) is 11.1 Å². The summed E-state index contributed by atoms with van der Waals surface area (Å²) in [4.78, 5) is 3.16. The molecule has 0 radical (unpaired) electrons. The topological polar surface area (TPSA) is 116 Å². The molecule has 0 saturated carbocycles. The minimum atomic E-state index is -4.06. The zero-order chi connectivity index (χ0) is 26.8. The standard InChI is InChI=1S/C25H30N2O6S4/c1-3-18-7-9-22-20(15-18)26(11-5-13-36(28,29)30)24(34-22)17-25-27(12-6-14-37(31,32)33)21-16-19(4-2)8-10-23(21)35-25/h7-10,15-17H,3-6,11-14H2,1-2H3,(H-,28,29,30,31,32,33)/p+1. The molecule has 12 heteroatoms. The summed E-state index contributed by atoms with van der Waals surface area (Å²) in [6.07, 6.45) is 4.35. The Morgan fingerprint density at radius 3 is 2.24 bits per heavy atom. The van der Waals surface area contributed by atoms with Crippen molar-refractivity contribution in [3.63, 3.8) is 0 Å². The quantitative estimate of drug-likeness (QED) is 0.245. The average molecular weight is 584 g/mol. The van der Waals surface area contributed by atoms with Crippen molar-refractivity contribution in [1.29, 1.82) is 0 Å². The first-order valence-electron chi connectivity index (χ1n) is 12.1. The number of hydrogen-bond donors (Lipinski definition) is 2. The van der Waals surface area contributed by atoms with Crippen LogP contribution in [-0.2, 0) is 39.6 Å². The zero-order valence-electron chi connectivity index (χ0n) is 20.8. The number of rotatable bonds is 11. The fraction of sp³-hybridized carbons (Fsp3) is 0.400. The molecule has 0 fully saturated rings. The van der Waals surface area contributed by atoms with E-state index in [0.717, 1.165) is 43.7 Å². The van der Waals surface area contributed by atoms with Crippen LogP contribution in [-0.4, -0.2) is 44.0 Å². The molecule has 0 amide bonds. The van der Waals surface area contributed by atoms with Crippen molar-refractivity contribution in [2.75, 3.05) is 23.0 Å². The summed E-state index contributed by atoms with van der Waals surface area (Å²) >= 11 is 3.21. The second-order valence-corrected chi connectivity index (χ2v) is 14.2. The van der Waals surface area contributed by atoms with E-state index in [1.807, 2.05) is 0 Å². The number of nitrogens with zero attached hydrogens (tertiary/aromatic N) is 2. The van der Waals surface area contributed by atoms with Gasteiger partial charge < -0.3 is 4.90 Å². The Morgan fingerprint density at radius 2 is 1.57 bits per heavy atom. The molecule has 4 rings (SSSR count). The van der Waals surface area contributed by atoms with Crippen LogP contribution >= 0.6 is 23.1 Å². The van der Waals surface area contributed by atoms with Crippen LogP contribution in [0, 0.1) is 0 Å². The molecule has 0 saturated heterocycles. The lowest BCUT2D eigenvalue weighted by Gasteiger charge is -2.20. The first kappa shape index (κ1) is 28.1. The molecule has 0 unspecified atom stereocenters. The molecule has 37 heavy (non-hydrogen) atoms. The SMILES string of the molecule is CCc1ccc2c(c1)N(CCCS(=O)(=O)O)/C(=C/c1sc3ccc(CC)cc3[n+]1CCCS(=O)(=O)O)S2. The van der Waals surface area contributed by atoms with Crippen LogP contribution in [0.15, 0.2) is 46.3 Å². The number of benzene rings is 2. The number of thiazole rings is 1. The Kier molecular flexibility index (Phi) is 8.66. The van der Waals surface area contributed by atoms with Gasteiger partial charge in [0.15, 0.2) is 6.54 Å². The van der Waals surface area contributed by atoms with Gasteiger partial charge in [0.2, 0.25) is 5.52 Å². The number of aryl methyl sites for hydroxylation is 3. The molecule has 0 atom stereocenters. The largest absolute Gasteiger partial charge is 0.335 e. The molecule has 2 N–H and O–H groups in total. The number of hydrogen-bond acceptors (Lipinski definition) is 7. The van der Waals surface area contributed by atoms with Crippen molar-refractivity contribution >= 4 is 65.3 Å². The molecule has 0 spiro atoms. The van der Waals surface area contributed by atoms with Gasteiger partial charge in [-0.15, -0.1) is 0 Å². The highest BCUT2D eigenvalue weighted by atomic mass is 32.2. The monoisotopic (exact) mass is 583 g/mol. The normalized spacial score (nSPS) is 15.1. The summed E-state index contributed by atoms with van der Waals surface area (Å²) in [5, 5.41) is 1.87. The van der Waals surface area contributed by atoms with E-state index < -0.39 is 20.2 Å². The average Bonchev–Trinajstić information content (AvgIpc) is 3.34. The van der Waals surface area contributed by atoms with Crippen LogP contribution in [0.1, 0.15) is 42.8 Å². The predicted molar refractivity (Wildman–Crippen MR) is 150 cm³/mol. The third kappa shape index (κ3) is 7.12. The van der Waals surface area contributed by atoms with E-state index in [2.05, 4.69) is 65.8 Å². The van der Waals surface area contributed by atoms with E-state index in [0.29, 0.717) is 13.1 Å². The van der Waals surface area contributed by atoms with Crippen molar-refractivity contribution in [3.05, 3.63) is 57.6 Å². The van der Waals surface area contributed by atoms with E-state index in [-0.39, 0.29) is 24.3 Å². The molecule has 1 aromatic heterocycles. The summed E-state index contributed by atoms with van der Waals surface area (Å²) in [7, 11) is -8.12. The van der Waals surface area contributed by atoms with Gasteiger partial charge in [-0.3, -0.25) is 9.11 Å². The molecule has 200 valence electrons. The van der Waals surface area contributed by atoms with Gasteiger partial charge in [0.05, 0.1) is 28.3 Å². The highest BCUT2D eigenvalue weighted by Gasteiger charge is 2.28. The van der Waals surface area contributed by atoms with Crippen molar-refractivity contribution in [2.45, 2.75) is 51.0 Å². The van der Waals surface area contributed by atoms with Crippen LogP contribution in [0.25, 0.3) is 16.3 Å². The van der Waals surface area contributed by atoms with E-state index >= 15 is 0 Å². The third-order valence-corrected chi connectivity index (χ3v) is 10.1. The molecule has 0 bridgehead atoms. The van der Waals surface area contributed by atoms with Gasteiger partial charge in [-0.2, -0.15) is 21.4 Å². The molecule has 8 nitrogen and oxygen atoms in total. The molecular formula is C25H31N2O6S4+. The Bertz CT molecular complexity index is 1540. The van der Waals surface area contributed by atoms with Crippen LogP contribution in [0.2, 0.25) is 0 Å². The maximum atomic E-state index is 11.3. The van der Waals surface area contributed by atoms with Gasteiger partial charge in [0.1, 0.15) is 4.70 Å². The molecule has 1 aliphatic heterocycles. The lowest BCUT2D eigenvalue weighted by molar-refractivity contribution is -0.668. The maximum absolute atomic E-state index is 11.3. The van der Waals surface area contributed by atoms with Gasteiger partial charge in [0.25, 0.3) is 25.2 Å². The Hall–Kier alpha value is -1.96. The summed E-state index contributed by atoms with van der Waals surface area (Å²) in [6.45, 7) is 5.01. The smallest absolute Gasteiger partial charge is 0.265 e. The molecule has 1 aliphatic rings. The summed E-state index contributed by atoms with van der Waals surface area (Å²) < 4.78 is 67.0. The van der Waals surface area contributed by atoms with Crippen LogP contribution in [0.4, 0.5) is 5.69 Å². The molecule has 2 heterocycles. The Balaban J connectivity index is 1.75. The summed E-state index contributed by atoms with van der Waals surface area (Å²) in [6, 6.07) is 12.6. The Labute approximate surface area is 226 Å². The highest BCUT2D eigenvalue weighted by Crippen LogP contribution is 2.47. The zero-order valence-corrected chi connectivity index (χ0v) is 24.0. The molecular weight excluding hydrogens is 553 g/mol. The fourth-order valence-corrected chi connectivity index (χ4v) is 7.60. The number of anilines is 1. The minimum absolute atomic E-state index is 0.271. The van der Waals surface area contributed by atoms with Crippen molar-refractivity contribution in [2.24, 2.45) is 0 Å². The summed E-state index contributed by atoms with van der Waals surface area (Å²) in [5.41, 5.74) is 4.38. The minimum Gasteiger partial charge on any atom is -0.335 e. The molecule has 3 aromatic rings. The van der Waals surface area contributed by atoms with Crippen LogP contribution in [0.5, 0.6) is 0 Å². The lowest BCUT2D eigenvalue weighted by atomic mass is 10.1. The number of thioether (sulfide) groups is 1. The fourth-order valence-electron chi connectivity index (χ4n) is 4.32. The van der Waals surface area contributed by atoms with E-state index in [9.17, 15) is 25.9 Å². The van der Waals surface area contributed by atoms with Crippen molar-refractivity contribution < 1.29 is 30.5 Å².